The van der Waals surface area contributed by atoms with Gasteiger partial charge in [-0.05, 0) is 18.2 Å². The second kappa shape index (κ2) is 7.91. The molecule has 0 aliphatic rings. The van der Waals surface area contributed by atoms with Crippen molar-refractivity contribution in [2.45, 2.75) is 7.59 Å². The number of nitrogens with zero attached hydrogens (tertiary/aromatic N) is 3. The minimum Gasteiger partial charge on any atom is -0.504 e. The Kier molecular flexibility index (Phi) is 6.52. The van der Waals surface area contributed by atoms with E-state index in [1.807, 2.05) is 0 Å². The smallest absolute Gasteiger partial charge is 0.250 e. The monoisotopic (exact) mass is 461 g/mol. The van der Waals surface area contributed by atoms with Gasteiger partial charge in [-0.25, -0.2) is 15.0 Å². The molecule has 0 atom stereocenters. The minimum atomic E-state index is -1.94. The molecule has 2 rings (SSSR count). The SMILES string of the molecule is COc1cccc(C=Cc2nc(C(Cl)(Cl)Cl)nc(C(Cl)(Cl)Cl)n2)c1O. The van der Waals surface area contributed by atoms with E-state index in [4.69, 9.17) is 74.3 Å². The van der Waals surface area contributed by atoms with Crippen LogP contribution in [0, 0.1) is 0 Å². The highest BCUT2D eigenvalue weighted by molar-refractivity contribution is 6.67. The first kappa shape index (κ1) is 20.6. The summed E-state index contributed by atoms with van der Waals surface area (Å²) in [6.07, 6.45) is 2.97. The van der Waals surface area contributed by atoms with Gasteiger partial charge in [0.2, 0.25) is 7.59 Å². The number of rotatable bonds is 3. The number of ether oxygens (including phenoxy) is 1. The molecule has 0 aliphatic carbocycles. The molecular formula is C14H9Cl6N3O2. The maximum absolute atomic E-state index is 10.1. The van der Waals surface area contributed by atoms with E-state index >= 15 is 0 Å². The number of para-hydroxylation sites is 1. The maximum atomic E-state index is 10.1. The van der Waals surface area contributed by atoms with Crippen molar-refractivity contribution < 1.29 is 9.84 Å². The quantitative estimate of drug-likeness (QED) is 0.616. The predicted molar refractivity (Wildman–Crippen MR) is 102 cm³/mol. The van der Waals surface area contributed by atoms with Crippen LogP contribution in [0.1, 0.15) is 23.0 Å². The van der Waals surface area contributed by atoms with E-state index in [-0.39, 0.29) is 23.2 Å². The first-order valence-electron chi connectivity index (χ1n) is 6.47. The lowest BCUT2D eigenvalue weighted by molar-refractivity contribution is 0.373. The molecule has 0 aliphatic heterocycles. The van der Waals surface area contributed by atoms with Crippen molar-refractivity contribution in [2.75, 3.05) is 7.11 Å². The lowest BCUT2D eigenvalue weighted by atomic mass is 10.1. The topological polar surface area (TPSA) is 68.1 Å². The van der Waals surface area contributed by atoms with Gasteiger partial charge < -0.3 is 9.84 Å². The molecule has 0 saturated carbocycles. The molecule has 1 aromatic heterocycles. The molecule has 0 fully saturated rings. The van der Waals surface area contributed by atoms with E-state index < -0.39 is 7.59 Å². The number of benzene rings is 1. The zero-order valence-corrected chi connectivity index (χ0v) is 16.9. The molecule has 11 heteroatoms. The van der Waals surface area contributed by atoms with E-state index in [1.165, 1.54) is 19.3 Å². The standard InChI is InChI=1S/C14H9Cl6N3O2/c1-25-8-4-2-3-7(10(8)24)5-6-9-21-11(13(15,16)17)23-12(22-9)14(18,19)20/h2-6,24H,1H3. The molecule has 25 heavy (non-hydrogen) atoms. The fourth-order valence-corrected chi connectivity index (χ4v) is 2.23. The number of phenolic OH excluding ortho intramolecular Hbond substituents is 1. The fraction of sp³-hybridized carbons (Fsp3) is 0.214. The van der Waals surface area contributed by atoms with Crippen LogP contribution >= 0.6 is 69.6 Å². The number of methoxy groups -OCH3 is 1. The number of phenols is 1. The fourth-order valence-electron chi connectivity index (χ4n) is 1.72. The molecule has 0 radical (unpaired) electrons. The van der Waals surface area contributed by atoms with Crippen LogP contribution in [0.2, 0.25) is 0 Å². The highest BCUT2D eigenvalue weighted by Gasteiger charge is 2.33. The van der Waals surface area contributed by atoms with E-state index in [0.717, 1.165) is 0 Å². The van der Waals surface area contributed by atoms with E-state index in [1.54, 1.807) is 18.2 Å². The summed E-state index contributed by atoms with van der Waals surface area (Å²) in [6, 6.07) is 4.96. The normalized spacial score (nSPS) is 12.6. The Morgan fingerprint density at radius 3 is 1.96 bits per heavy atom. The zero-order valence-electron chi connectivity index (χ0n) is 12.4. The van der Waals surface area contributed by atoms with Gasteiger partial charge in [-0.3, -0.25) is 0 Å². The first-order chi connectivity index (χ1) is 11.5. The van der Waals surface area contributed by atoms with Crippen molar-refractivity contribution in [3.8, 4) is 11.5 Å². The predicted octanol–water partition coefficient (Wildman–Crippen LogP) is 5.41. The highest BCUT2D eigenvalue weighted by atomic mass is 35.6. The molecule has 134 valence electrons. The molecule has 0 unspecified atom stereocenters. The summed E-state index contributed by atoms with van der Waals surface area (Å²) in [4.78, 5) is 11.9. The van der Waals surface area contributed by atoms with Gasteiger partial charge in [-0.15, -0.1) is 0 Å². The van der Waals surface area contributed by atoms with Gasteiger partial charge in [0.05, 0.1) is 7.11 Å². The summed E-state index contributed by atoms with van der Waals surface area (Å²) in [5.74, 6) is -0.0909. The van der Waals surface area contributed by atoms with Gasteiger partial charge in [-0.1, -0.05) is 81.7 Å². The largest absolute Gasteiger partial charge is 0.504 e. The number of alkyl halides is 6. The number of aromatic hydroxyl groups is 1. The maximum Gasteiger partial charge on any atom is 0.250 e. The van der Waals surface area contributed by atoms with Crippen molar-refractivity contribution in [1.29, 1.82) is 0 Å². The molecule has 0 spiro atoms. The van der Waals surface area contributed by atoms with Gasteiger partial charge in [0.1, 0.15) is 0 Å². The van der Waals surface area contributed by atoms with Crippen LogP contribution in [0.4, 0.5) is 0 Å². The third kappa shape index (κ3) is 5.39. The van der Waals surface area contributed by atoms with E-state index in [0.29, 0.717) is 11.3 Å². The van der Waals surface area contributed by atoms with Crippen molar-refractivity contribution in [3.05, 3.63) is 41.2 Å². The molecule has 1 aromatic carbocycles. The third-order valence-electron chi connectivity index (χ3n) is 2.82. The van der Waals surface area contributed by atoms with Crippen LogP contribution < -0.4 is 4.74 Å². The Balaban J connectivity index is 2.49. The van der Waals surface area contributed by atoms with Crippen LogP contribution in [0.3, 0.4) is 0 Å². The zero-order chi connectivity index (χ0) is 18.8. The summed E-state index contributed by atoms with van der Waals surface area (Å²) in [5, 5.41) is 10.1. The summed E-state index contributed by atoms with van der Waals surface area (Å²) < 4.78 is 1.16. The van der Waals surface area contributed by atoms with Gasteiger partial charge in [0.25, 0.3) is 0 Å². The lowest BCUT2D eigenvalue weighted by Gasteiger charge is -2.14. The summed E-state index contributed by atoms with van der Waals surface area (Å²) in [5.41, 5.74) is 0.450. The summed E-state index contributed by atoms with van der Waals surface area (Å²) in [6.45, 7) is 0. The minimum absolute atomic E-state index is 0.0569. The Bertz CT molecular complexity index is 770. The number of aromatic nitrogens is 3. The molecular weight excluding hydrogens is 455 g/mol. The Morgan fingerprint density at radius 1 is 0.920 bits per heavy atom. The van der Waals surface area contributed by atoms with E-state index in [2.05, 4.69) is 15.0 Å². The second-order valence-corrected chi connectivity index (χ2v) is 9.13. The average molecular weight is 464 g/mol. The Morgan fingerprint density at radius 2 is 1.48 bits per heavy atom. The number of hydrogen-bond donors (Lipinski definition) is 1. The van der Waals surface area contributed by atoms with E-state index in [9.17, 15) is 5.11 Å². The van der Waals surface area contributed by atoms with Crippen molar-refractivity contribution in [1.82, 2.24) is 15.0 Å². The molecule has 0 amide bonds. The number of hydrogen-bond acceptors (Lipinski definition) is 5. The van der Waals surface area contributed by atoms with Crippen LogP contribution in [0.15, 0.2) is 18.2 Å². The molecule has 2 aromatic rings. The van der Waals surface area contributed by atoms with Gasteiger partial charge in [0.15, 0.2) is 29.0 Å². The Hall–Kier alpha value is -0.690. The molecule has 1 N–H and O–H groups in total. The van der Waals surface area contributed by atoms with Crippen LogP contribution in [-0.2, 0) is 7.59 Å². The number of halogens is 6. The summed E-state index contributed by atoms with van der Waals surface area (Å²) in [7, 11) is 1.44. The molecule has 1 heterocycles. The highest BCUT2D eigenvalue weighted by Crippen LogP contribution is 2.40. The van der Waals surface area contributed by atoms with Gasteiger partial charge in [0, 0.05) is 5.56 Å². The van der Waals surface area contributed by atoms with Gasteiger partial charge >= 0.3 is 0 Å². The summed E-state index contributed by atoms with van der Waals surface area (Å²) >= 11 is 34.8. The van der Waals surface area contributed by atoms with Crippen molar-refractivity contribution in [3.63, 3.8) is 0 Å². The van der Waals surface area contributed by atoms with Crippen molar-refractivity contribution >= 4 is 81.8 Å². The van der Waals surface area contributed by atoms with Crippen LogP contribution in [0.5, 0.6) is 11.5 Å². The lowest BCUT2D eigenvalue weighted by Crippen LogP contribution is -2.16. The van der Waals surface area contributed by atoms with Crippen LogP contribution in [0.25, 0.3) is 12.2 Å². The Labute approximate surface area is 173 Å². The van der Waals surface area contributed by atoms with Crippen molar-refractivity contribution in [2.24, 2.45) is 0 Å². The second-order valence-electron chi connectivity index (χ2n) is 4.57. The molecule has 0 saturated heterocycles. The third-order valence-corrected chi connectivity index (χ3v) is 3.84. The molecule has 5 nitrogen and oxygen atoms in total. The molecule has 0 bridgehead atoms. The van der Waals surface area contributed by atoms with Gasteiger partial charge in [-0.2, -0.15) is 0 Å². The first-order valence-corrected chi connectivity index (χ1v) is 8.73. The average Bonchev–Trinajstić information content (AvgIpc) is 2.52. The van der Waals surface area contributed by atoms with Crippen LogP contribution in [-0.4, -0.2) is 27.2 Å².